The third-order valence-corrected chi connectivity index (χ3v) is 5.40. The summed E-state index contributed by atoms with van der Waals surface area (Å²) >= 11 is 1.91. The molecule has 0 aromatic carbocycles. The first-order chi connectivity index (χ1) is 9.65. The van der Waals surface area contributed by atoms with Gasteiger partial charge in [0.25, 0.3) is 0 Å². The second-order valence-corrected chi connectivity index (χ2v) is 7.41. The van der Waals surface area contributed by atoms with Gasteiger partial charge in [-0.1, -0.05) is 33.8 Å². The monoisotopic (exact) mass is 294 g/mol. The highest BCUT2D eigenvalue weighted by Gasteiger charge is 2.32. The predicted molar refractivity (Wildman–Crippen MR) is 89.4 cm³/mol. The van der Waals surface area contributed by atoms with Crippen LogP contribution in [0.15, 0.2) is 17.5 Å². The van der Waals surface area contributed by atoms with Crippen LogP contribution in [0.2, 0.25) is 0 Å². The summed E-state index contributed by atoms with van der Waals surface area (Å²) in [4.78, 5) is 4.31. The molecule has 1 N–H and O–H groups in total. The van der Waals surface area contributed by atoms with Gasteiger partial charge in [0.15, 0.2) is 0 Å². The Bertz CT molecular complexity index is 374. The molecule has 0 spiro atoms. The van der Waals surface area contributed by atoms with Crippen LogP contribution in [0.25, 0.3) is 0 Å². The fraction of sp³-hybridized carbons (Fsp3) is 0.765. The third-order valence-electron chi connectivity index (χ3n) is 4.43. The summed E-state index contributed by atoms with van der Waals surface area (Å²) in [5.74, 6) is 0.773. The van der Waals surface area contributed by atoms with Crippen molar-refractivity contribution in [2.75, 3.05) is 13.1 Å². The first-order valence-corrected chi connectivity index (χ1v) is 9.06. The van der Waals surface area contributed by atoms with Gasteiger partial charge in [0.1, 0.15) is 0 Å². The zero-order chi connectivity index (χ0) is 14.5. The maximum atomic E-state index is 3.77. The second kappa shape index (κ2) is 7.58. The summed E-state index contributed by atoms with van der Waals surface area (Å²) in [7, 11) is 0. The van der Waals surface area contributed by atoms with Crippen LogP contribution in [-0.2, 0) is 0 Å². The van der Waals surface area contributed by atoms with Gasteiger partial charge >= 0.3 is 0 Å². The van der Waals surface area contributed by atoms with Crippen LogP contribution >= 0.6 is 11.3 Å². The lowest BCUT2D eigenvalue weighted by Crippen LogP contribution is -2.57. The lowest BCUT2D eigenvalue weighted by molar-refractivity contribution is 0.0720. The van der Waals surface area contributed by atoms with Gasteiger partial charge in [-0.05, 0) is 36.6 Å². The average Bonchev–Trinajstić information content (AvgIpc) is 2.93. The van der Waals surface area contributed by atoms with Crippen molar-refractivity contribution in [3.8, 4) is 0 Å². The van der Waals surface area contributed by atoms with E-state index in [1.54, 1.807) is 0 Å². The van der Waals surface area contributed by atoms with E-state index in [0.29, 0.717) is 18.1 Å². The molecule has 2 heterocycles. The van der Waals surface area contributed by atoms with E-state index in [0.717, 1.165) is 12.5 Å². The summed E-state index contributed by atoms with van der Waals surface area (Å²) in [6.07, 6.45) is 3.74. The standard InChI is InChI=1S/C17H30N2S/c1-5-15-11-18-14(10-13(3)4)12-19(15)16(6-2)17-8-7-9-20-17/h7-9,13-16,18H,5-6,10-12H2,1-4H3. The molecule has 3 heteroatoms. The summed E-state index contributed by atoms with van der Waals surface area (Å²) in [5, 5.41) is 5.98. The Morgan fingerprint density at radius 1 is 1.40 bits per heavy atom. The van der Waals surface area contributed by atoms with Crippen molar-refractivity contribution in [2.45, 2.75) is 65.1 Å². The largest absolute Gasteiger partial charge is 0.311 e. The average molecular weight is 295 g/mol. The minimum atomic E-state index is 0.608. The molecule has 0 radical (unpaired) electrons. The van der Waals surface area contributed by atoms with Gasteiger partial charge in [0.05, 0.1) is 0 Å². The van der Waals surface area contributed by atoms with Crippen molar-refractivity contribution < 1.29 is 0 Å². The van der Waals surface area contributed by atoms with Gasteiger partial charge < -0.3 is 5.32 Å². The Labute approximate surface area is 128 Å². The molecule has 2 rings (SSSR count). The van der Waals surface area contributed by atoms with E-state index in [1.807, 2.05) is 11.3 Å². The number of rotatable bonds is 6. The van der Waals surface area contributed by atoms with E-state index in [2.05, 4.69) is 55.4 Å². The number of nitrogens with one attached hydrogen (secondary N) is 1. The van der Waals surface area contributed by atoms with Crippen molar-refractivity contribution in [2.24, 2.45) is 5.92 Å². The van der Waals surface area contributed by atoms with E-state index >= 15 is 0 Å². The second-order valence-electron chi connectivity index (χ2n) is 6.43. The predicted octanol–water partition coefficient (Wildman–Crippen LogP) is 4.30. The molecule has 2 nitrogen and oxygen atoms in total. The minimum Gasteiger partial charge on any atom is -0.311 e. The molecule has 1 fully saturated rings. The molecule has 1 aromatic rings. The lowest BCUT2D eigenvalue weighted by atomic mass is 9.96. The van der Waals surface area contributed by atoms with E-state index in [-0.39, 0.29) is 0 Å². The number of nitrogens with zero attached hydrogens (tertiary/aromatic N) is 1. The topological polar surface area (TPSA) is 15.3 Å². The van der Waals surface area contributed by atoms with Crippen LogP contribution in [-0.4, -0.2) is 30.1 Å². The van der Waals surface area contributed by atoms with Crippen molar-refractivity contribution >= 4 is 11.3 Å². The van der Waals surface area contributed by atoms with Gasteiger partial charge in [-0.25, -0.2) is 0 Å². The molecule has 1 aliphatic rings. The Kier molecular flexibility index (Phi) is 6.06. The van der Waals surface area contributed by atoms with Crippen LogP contribution in [0.4, 0.5) is 0 Å². The Morgan fingerprint density at radius 3 is 2.75 bits per heavy atom. The highest BCUT2D eigenvalue weighted by Crippen LogP contribution is 2.32. The molecular weight excluding hydrogens is 264 g/mol. The van der Waals surface area contributed by atoms with Crippen molar-refractivity contribution in [1.29, 1.82) is 0 Å². The summed E-state index contributed by atoms with van der Waals surface area (Å²) in [6.45, 7) is 11.7. The molecule has 114 valence electrons. The van der Waals surface area contributed by atoms with Crippen LogP contribution in [0.5, 0.6) is 0 Å². The highest BCUT2D eigenvalue weighted by atomic mass is 32.1. The van der Waals surface area contributed by atoms with Gasteiger partial charge in [-0.3, -0.25) is 4.90 Å². The summed E-state index contributed by atoms with van der Waals surface area (Å²) in [6, 6.07) is 6.46. The zero-order valence-electron chi connectivity index (χ0n) is 13.4. The zero-order valence-corrected chi connectivity index (χ0v) is 14.2. The fourth-order valence-corrected chi connectivity index (χ4v) is 4.39. The molecule has 0 amide bonds. The summed E-state index contributed by atoms with van der Waals surface area (Å²) in [5.41, 5.74) is 0. The number of piperazine rings is 1. The first kappa shape index (κ1) is 16.0. The van der Waals surface area contributed by atoms with Crippen LogP contribution in [0, 0.1) is 5.92 Å². The Balaban J connectivity index is 2.11. The lowest BCUT2D eigenvalue weighted by Gasteiger charge is -2.44. The van der Waals surface area contributed by atoms with Crippen LogP contribution < -0.4 is 5.32 Å². The van der Waals surface area contributed by atoms with E-state index in [9.17, 15) is 0 Å². The smallest absolute Gasteiger partial charge is 0.0443 e. The normalized spacial score (nSPS) is 26.1. The maximum absolute atomic E-state index is 3.77. The molecule has 20 heavy (non-hydrogen) atoms. The van der Waals surface area contributed by atoms with Gasteiger partial charge in [0, 0.05) is 36.1 Å². The highest BCUT2D eigenvalue weighted by molar-refractivity contribution is 7.10. The number of hydrogen-bond acceptors (Lipinski definition) is 3. The van der Waals surface area contributed by atoms with Gasteiger partial charge in [0.2, 0.25) is 0 Å². The molecule has 1 aliphatic heterocycles. The molecule has 0 bridgehead atoms. The van der Waals surface area contributed by atoms with Crippen molar-refractivity contribution in [1.82, 2.24) is 10.2 Å². The fourth-order valence-electron chi connectivity index (χ4n) is 3.46. The maximum Gasteiger partial charge on any atom is 0.0443 e. The van der Waals surface area contributed by atoms with E-state index < -0.39 is 0 Å². The van der Waals surface area contributed by atoms with Gasteiger partial charge in [-0.15, -0.1) is 11.3 Å². The Hall–Kier alpha value is -0.380. The minimum absolute atomic E-state index is 0.608. The molecule has 3 atom stereocenters. The third kappa shape index (κ3) is 3.84. The number of thiophene rings is 1. The molecule has 1 aromatic heterocycles. The molecule has 0 aliphatic carbocycles. The van der Waals surface area contributed by atoms with Gasteiger partial charge in [-0.2, -0.15) is 0 Å². The molecule has 3 unspecified atom stereocenters. The molecule has 0 saturated carbocycles. The van der Waals surface area contributed by atoms with Crippen LogP contribution in [0.3, 0.4) is 0 Å². The van der Waals surface area contributed by atoms with Crippen LogP contribution in [0.1, 0.15) is 57.9 Å². The SMILES string of the molecule is CCC1CNC(CC(C)C)CN1C(CC)c1cccs1. The Morgan fingerprint density at radius 2 is 2.20 bits per heavy atom. The first-order valence-electron chi connectivity index (χ1n) is 8.18. The molecular formula is C17H30N2S. The van der Waals surface area contributed by atoms with E-state index in [4.69, 9.17) is 0 Å². The van der Waals surface area contributed by atoms with Crippen molar-refractivity contribution in [3.05, 3.63) is 22.4 Å². The summed E-state index contributed by atoms with van der Waals surface area (Å²) < 4.78 is 0. The molecule has 1 saturated heterocycles. The quantitative estimate of drug-likeness (QED) is 0.841. The van der Waals surface area contributed by atoms with E-state index in [1.165, 1.54) is 30.7 Å². The number of hydrogen-bond donors (Lipinski definition) is 1. The van der Waals surface area contributed by atoms with Crippen molar-refractivity contribution in [3.63, 3.8) is 0 Å².